The fourth-order valence-corrected chi connectivity index (χ4v) is 6.39. The van der Waals surface area contributed by atoms with Crippen LogP contribution in [0.15, 0.2) is 57.9 Å². The largest absolute Gasteiger partial charge is 0.755 e. The summed E-state index contributed by atoms with van der Waals surface area (Å²) in [6, 6.07) is 11.2. The first-order valence-corrected chi connectivity index (χ1v) is 13.7. The number of nitrogens with one attached hydrogen (secondary N) is 4. The molecular formula is C20H22N5O4S4-. The third kappa shape index (κ3) is 6.74. The summed E-state index contributed by atoms with van der Waals surface area (Å²) in [4.78, 5) is 17.7. The smallest absolute Gasteiger partial charge is 0.308 e. The molecule has 4 atom stereocenters. The minimum atomic E-state index is -2.36. The molecule has 0 bridgehead atoms. The molecule has 4 N–H and O–H groups in total. The average Bonchev–Trinajstić information content (AvgIpc) is 3.56. The Morgan fingerprint density at radius 1 is 1.33 bits per heavy atom. The zero-order valence-corrected chi connectivity index (χ0v) is 20.7. The quantitative estimate of drug-likeness (QED) is 0.289. The number of anilines is 1. The van der Waals surface area contributed by atoms with Crippen LogP contribution in [0.25, 0.3) is 0 Å². The van der Waals surface area contributed by atoms with Crippen LogP contribution in [0.1, 0.15) is 22.2 Å². The first kappa shape index (κ1) is 24.1. The summed E-state index contributed by atoms with van der Waals surface area (Å²) in [6.45, 7) is 0. The second-order valence-corrected chi connectivity index (χ2v) is 10.9. The normalized spacial score (nSPS) is 22.8. The molecule has 2 aliphatic heterocycles. The summed E-state index contributed by atoms with van der Waals surface area (Å²) >= 11 is 2.51. The number of esters is 1. The molecule has 1 fully saturated rings. The zero-order valence-electron chi connectivity index (χ0n) is 17.5. The van der Waals surface area contributed by atoms with Gasteiger partial charge in [-0.05, 0) is 34.6 Å². The van der Waals surface area contributed by atoms with E-state index in [1.54, 1.807) is 35.2 Å². The average molecular weight is 525 g/mol. The van der Waals surface area contributed by atoms with Crippen LogP contribution in [0.4, 0.5) is 5.69 Å². The molecule has 0 amide bonds. The summed E-state index contributed by atoms with van der Waals surface area (Å²) in [5.74, 6) is -0.289. The van der Waals surface area contributed by atoms with Gasteiger partial charge in [0, 0.05) is 33.9 Å². The monoisotopic (exact) mass is 524 g/mol. The number of ether oxygens (including phenoxy) is 1. The number of aliphatic imine (C=N–C) groups is 1. The van der Waals surface area contributed by atoms with Gasteiger partial charge in [0.1, 0.15) is 5.37 Å². The number of carbonyl (C=O) groups is 1. The van der Waals surface area contributed by atoms with Crippen LogP contribution >= 0.6 is 34.9 Å². The number of carbonyl (C=O) groups excluding carboxylic acids is 1. The van der Waals surface area contributed by atoms with E-state index in [1.165, 1.54) is 23.7 Å². The first-order valence-electron chi connectivity index (χ1n) is 9.93. The third-order valence-corrected chi connectivity index (χ3v) is 8.34. The summed E-state index contributed by atoms with van der Waals surface area (Å²) in [5.41, 5.74) is 8.65. The van der Waals surface area contributed by atoms with Crippen molar-refractivity contribution in [3.8, 4) is 0 Å². The number of hydrogen-bond donors (Lipinski definition) is 4. The molecule has 4 rings (SSSR count). The molecule has 1 saturated heterocycles. The Morgan fingerprint density at radius 2 is 2.15 bits per heavy atom. The van der Waals surface area contributed by atoms with E-state index in [0.717, 1.165) is 11.3 Å². The van der Waals surface area contributed by atoms with Crippen molar-refractivity contribution in [1.82, 2.24) is 16.2 Å². The van der Waals surface area contributed by atoms with Gasteiger partial charge in [-0.2, -0.15) is 0 Å². The standard InChI is InChI=1S/C20H23N5O4S4/c1-29-18(26)10-17-23-24-20(32-17)22-14(9-12-4-6-13(7-5-12)25-33(27)28)15-11-31-19(21-15)16-3-2-8-30-16/h2-8,11,14,17,19,21,23,25H,9-10H2,1H3,(H,22,24)(H,27,28)/p-1/t14-,17?,19?/m0/s1. The van der Waals surface area contributed by atoms with Gasteiger partial charge in [0.05, 0.1) is 24.9 Å². The lowest BCUT2D eigenvalue weighted by Crippen LogP contribution is -2.33. The molecule has 2 aromatic rings. The predicted octanol–water partition coefficient (Wildman–Crippen LogP) is 2.83. The van der Waals surface area contributed by atoms with Gasteiger partial charge in [-0.1, -0.05) is 30.0 Å². The number of hydrazine groups is 1. The SMILES string of the molecule is COC(=O)CC1NNC(=N[C@@H](Cc2ccc(NS(=O)[O-])cc2)C2=CSC(c3cccs3)N2)S1. The number of benzene rings is 1. The lowest BCUT2D eigenvalue weighted by Gasteiger charge is -2.18. The highest BCUT2D eigenvalue weighted by Gasteiger charge is 2.28. The summed E-state index contributed by atoms with van der Waals surface area (Å²) < 4.78 is 28.8. The van der Waals surface area contributed by atoms with Crippen molar-refractivity contribution >= 4 is 63.0 Å². The van der Waals surface area contributed by atoms with Crippen molar-refractivity contribution in [3.05, 3.63) is 63.3 Å². The zero-order chi connectivity index (χ0) is 23.2. The van der Waals surface area contributed by atoms with E-state index in [4.69, 9.17) is 9.73 Å². The molecule has 3 heterocycles. The van der Waals surface area contributed by atoms with E-state index >= 15 is 0 Å². The van der Waals surface area contributed by atoms with Crippen molar-refractivity contribution in [2.75, 3.05) is 11.8 Å². The van der Waals surface area contributed by atoms with Gasteiger partial charge in [-0.3, -0.25) is 19.4 Å². The molecule has 13 heteroatoms. The topological polar surface area (TPSA) is 127 Å². The van der Waals surface area contributed by atoms with Crippen LogP contribution in [0, 0.1) is 0 Å². The number of amidine groups is 1. The maximum atomic E-state index is 11.6. The summed E-state index contributed by atoms with van der Waals surface area (Å²) in [7, 11) is 1.37. The minimum Gasteiger partial charge on any atom is -0.755 e. The predicted molar refractivity (Wildman–Crippen MR) is 134 cm³/mol. The highest BCUT2D eigenvalue weighted by Crippen LogP contribution is 2.38. The lowest BCUT2D eigenvalue weighted by molar-refractivity contribution is -0.140. The van der Waals surface area contributed by atoms with Crippen LogP contribution in [0.2, 0.25) is 0 Å². The van der Waals surface area contributed by atoms with Gasteiger partial charge >= 0.3 is 5.97 Å². The molecule has 0 saturated carbocycles. The number of thioether (sulfide) groups is 2. The summed E-state index contributed by atoms with van der Waals surface area (Å²) in [6.07, 6.45) is 0.843. The molecule has 2 aliphatic rings. The Hall–Kier alpha value is -2.03. The van der Waals surface area contributed by atoms with E-state index in [-0.39, 0.29) is 29.2 Å². The van der Waals surface area contributed by atoms with Gasteiger partial charge in [-0.25, -0.2) is 5.43 Å². The number of hydrogen-bond acceptors (Lipinski definition) is 10. The number of nitrogens with zero attached hydrogens (tertiary/aromatic N) is 1. The van der Waals surface area contributed by atoms with Crippen LogP contribution in [0.3, 0.4) is 0 Å². The third-order valence-electron chi connectivity index (χ3n) is 4.82. The molecule has 1 aromatic carbocycles. The van der Waals surface area contributed by atoms with Gasteiger partial charge in [-0.15, -0.1) is 23.1 Å². The Labute approximate surface area is 206 Å². The Bertz CT molecular complexity index is 1050. The van der Waals surface area contributed by atoms with Crippen molar-refractivity contribution < 1.29 is 18.3 Å². The number of thiophene rings is 1. The molecular weight excluding hydrogens is 503 g/mol. The maximum Gasteiger partial charge on any atom is 0.308 e. The second kappa shape index (κ2) is 11.4. The van der Waals surface area contributed by atoms with Gasteiger partial charge in [0.2, 0.25) is 0 Å². The Balaban J connectivity index is 1.49. The molecule has 1 aromatic heterocycles. The van der Waals surface area contributed by atoms with Crippen molar-refractivity contribution in [1.29, 1.82) is 0 Å². The fraction of sp³-hybridized carbons (Fsp3) is 0.300. The highest BCUT2D eigenvalue weighted by molar-refractivity contribution is 8.14. The van der Waals surface area contributed by atoms with E-state index in [0.29, 0.717) is 17.3 Å². The molecule has 9 nitrogen and oxygen atoms in total. The van der Waals surface area contributed by atoms with Crippen LogP contribution in [-0.2, 0) is 27.2 Å². The van der Waals surface area contributed by atoms with Gasteiger partial charge < -0.3 is 19.3 Å². The van der Waals surface area contributed by atoms with Crippen molar-refractivity contribution in [2.45, 2.75) is 29.6 Å². The van der Waals surface area contributed by atoms with Crippen molar-refractivity contribution in [3.63, 3.8) is 0 Å². The van der Waals surface area contributed by atoms with E-state index < -0.39 is 11.3 Å². The lowest BCUT2D eigenvalue weighted by atomic mass is 10.0. The van der Waals surface area contributed by atoms with Crippen LogP contribution < -0.4 is 20.9 Å². The van der Waals surface area contributed by atoms with E-state index in [2.05, 4.69) is 37.7 Å². The first-order chi connectivity index (χ1) is 16.0. The van der Waals surface area contributed by atoms with Crippen LogP contribution in [-0.4, -0.2) is 38.4 Å². The van der Waals surface area contributed by atoms with E-state index in [9.17, 15) is 13.6 Å². The molecule has 3 unspecified atom stereocenters. The molecule has 33 heavy (non-hydrogen) atoms. The number of methoxy groups -OCH3 is 1. The molecule has 176 valence electrons. The van der Waals surface area contributed by atoms with Gasteiger partial charge in [0.25, 0.3) is 0 Å². The minimum absolute atomic E-state index is 0.149. The summed E-state index contributed by atoms with van der Waals surface area (Å²) in [5, 5.41) is 8.43. The fourth-order valence-electron chi connectivity index (χ4n) is 3.24. The van der Waals surface area contributed by atoms with Crippen LogP contribution in [0.5, 0.6) is 0 Å². The number of rotatable bonds is 9. The molecule has 0 spiro atoms. The molecule has 0 radical (unpaired) electrons. The highest BCUT2D eigenvalue weighted by atomic mass is 32.2. The maximum absolute atomic E-state index is 11.6. The Kier molecular flexibility index (Phi) is 8.33. The van der Waals surface area contributed by atoms with E-state index in [1.807, 2.05) is 18.2 Å². The molecule has 0 aliphatic carbocycles. The van der Waals surface area contributed by atoms with Crippen molar-refractivity contribution in [2.24, 2.45) is 4.99 Å². The van der Waals surface area contributed by atoms with Gasteiger partial charge in [0.15, 0.2) is 5.17 Å². The Morgan fingerprint density at radius 3 is 2.85 bits per heavy atom. The second-order valence-electron chi connectivity index (χ2n) is 7.09.